The monoisotopic (exact) mass is 352 g/mol. The van der Waals surface area contributed by atoms with E-state index in [1.165, 1.54) is 4.90 Å². The lowest BCUT2D eigenvalue weighted by Crippen LogP contribution is -2.27. The van der Waals surface area contributed by atoms with Crippen molar-refractivity contribution >= 4 is 44.8 Å². The maximum atomic E-state index is 12.5. The lowest BCUT2D eigenvalue weighted by atomic mass is 10.1. The number of rotatable bonds is 2. The molecule has 104 valence electrons. The van der Waals surface area contributed by atoms with Crippen molar-refractivity contribution in [1.29, 1.82) is 0 Å². The lowest BCUT2D eigenvalue weighted by Gasteiger charge is -2.20. The van der Waals surface area contributed by atoms with Gasteiger partial charge in [-0.05, 0) is 48.9 Å². The summed E-state index contributed by atoms with van der Waals surface area (Å²) in [5, 5.41) is 0.542. The molecular formula is C15H14BrClN2O. The lowest BCUT2D eigenvalue weighted by molar-refractivity contribution is 0.0993. The third-order valence-electron chi connectivity index (χ3n) is 3.06. The van der Waals surface area contributed by atoms with Crippen molar-refractivity contribution in [2.24, 2.45) is 0 Å². The van der Waals surface area contributed by atoms with Crippen molar-refractivity contribution in [2.45, 2.75) is 6.92 Å². The molecule has 0 heterocycles. The summed E-state index contributed by atoms with van der Waals surface area (Å²) >= 11 is 9.38. The van der Waals surface area contributed by atoms with Gasteiger partial charge < -0.3 is 10.6 Å². The van der Waals surface area contributed by atoms with E-state index in [0.717, 1.165) is 10.0 Å². The van der Waals surface area contributed by atoms with Crippen LogP contribution in [0.4, 0.5) is 11.4 Å². The van der Waals surface area contributed by atoms with Crippen molar-refractivity contribution in [2.75, 3.05) is 17.7 Å². The first-order chi connectivity index (χ1) is 9.40. The molecule has 0 atom stereocenters. The highest BCUT2D eigenvalue weighted by molar-refractivity contribution is 9.10. The zero-order chi connectivity index (χ0) is 14.9. The Morgan fingerprint density at radius 2 is 1.95 bits per heavy atom. The van der Waals surface area contributed by atoms with Crippen LogP contribution in [0, 0.1) is 6.92 Å². The van der Waals surface area contributed by atoms with E-state index in [9.17, 15) is 4.79 Å². The number of nitrogens with two attached hydrogens (primary N) is 1. The van der Waals surface area contributed by atoms with Crippen LogP contribution in [-0.4, -0.2) is 13.0 Å². The molecule has 0 fully saturated rings. The summed E-state index contributed by atoms with van der Waals surface area (Å²) in [7, 11) is 1.68. The second-order valence-electron chi connectivity index (χ2n) is 4.53. The molecule has 0 unspecified atom stereocenters. The molecule has 0 aliphatic carbocycles. The number of nitrogens with zero attached hydrogens (tertiary/aromatic N) is 1. The van der Waals surface area contributed by atoms with E-state index in [0.29, 0.717) is 22.0 Å². The Labute approximate surface area is 131 Å². The van der Waals surface area contributed by atoms with Gasteiger partial charge in [0.05, 0.1) is 11.4 Å². The number of hydrogen-bond acceptors (Lipinski definition) is 2. The van der Waals surface area contributed by atoms with Crippen LogP contribution >= 0.6 is 27.5 Å². The second-order valence-corrected chi connectivity index (χ2v) is 5.82. The minimum Gasteiger partial charge on any atom is -0.397 e. The van der Waals surface area contributed by atoms with Gasteiger partial charge in [0, 0.05) is 22.1 Å². The molecular weight excluding hydrogens is 340 g/mol. The van der Waals surface area contributed by atoms with Gasteiger partial charge in [0.1, 0.15) is 0 Å². The number of hydrogen-bond donors (Lipinski definition) is 1. The summed E-state index contributed by atoms with van der Waals surface area (Å²) in [6.45, 7) is 1.94. The van der Waals surface area contributed by atoms with Gasteiger partial charge in [-0.2, -0.15) is 0 Å². The Morgan fingerprint density at radius 3 is 2.60 bits per heavy atom. The number of aryl methyl sites for hydroxylation is 1. The van der Waals surface area contributed by atoms with Gasteiger partial charge in [-0.3, -0.25) is 4.79 Å². The normalized spacial score (nSPS) is 10.4. The van der Waals surface area contributed by atoms with E-state index in [1.807, 2.05) is 19.1 Å². The fraction of sp³-hybridized carbons (Fsp3) is 0.133. The number of carbonyl (C=O) groups is 1. The highest BCUT2D eigenvalue weighted by atomic mass is 79.9. The smallest absolute Gasteiger partial charge is 0.258 e. The molecule has 0 saturated carbocycles. The van der Waals surface area contributed by atoms with Crippen LogP contribution in [0.3, 0.4) is 0 Å². The largest absolute Gasteiger partial charge is 0.397 e. The van der Waals surface area contributed by atoms with Crippen LogP contribution in [0.15, 0.2) is 40.9 Å². The van der Waals surface area contributed by atoms with Gasteiger partial charge in [0.25, 0.3) is 5.91 Å². The zero-order valence-electron chi connectivity index (χ0n) is 11.2. The maximum absolute atomic E-state index is 12.5. The van der Waals surface area contributed by atoms with Crippen molar-refractivity contribution in [3.05, 3.63) is 57.0 Å². The Hall–Kier alpha value is -1.52. The van der Waals surface area contributed by atoms with Crippen LogP contribution < -0.4 is 10.6 Å². The minimum absolute atomic E-state index is 0.130. The summed E-state index contributed by atoms with van der Waals surface area (Å²) < 4.78 is 0.971. The number of anilines is 2. The zero-order valence-corrected chi connectivity index (χ0v) is 13.5. The van der Waals surface area contributed by atoms with Gasteiger partial charge in [-0.15, -0.1) is 0 Å². The SMILES string of the molecule is Cc1cc(C(=O)N(C)c2cc(Cl)ccc2N)ccc1Br. The fourth-order valence-electron chi connectivity index (χ4n) is 1.89. The van der Waals surface area contributed by atoms with E-state index >= 15 is 0 Å². The van der Waals surface area contributed by atoms with E-state index in [-0.39, 0.29) is 5.91 Å². The Balaban J connectivity index is 2.37. The van der Waals surface area contributed by atoms with Gasteiger partial charge in [-0.1, -0.05) is 27.5 Å². The number of benzene rings is 2. The third kappa shape index (κ3) is 2.97. The Bertz CT molecular complexity index is 673. The number of halogens is 2. The van der Waals surface area contributed by atoms with E-state index in [1.54, 1.807) is 31.3 Å². The predicted molar refractivity (Wildman–Crippen MR) is 87.5 cm³/mol. The van der Waals surface area contributed by atoms with Crippen LogP contribution in [0.1, 0.15) is 15.9 Å². The molecule has 0 bridgehead atoms. The first-order valence-corrected chi connectivity index (χ1v) is 7.16. The summed E-state index contributed by atoms with van der Waals surface area (Å²) in [4.78, 5) is 14.0. The third-order valence-corrected chi connectivity index (χ3v) is 4.19. The molecule has 2 N–H and O–H groups in total. The van der Waals surface area contributed by atoms with Gasteiger partial charge in [0.2, 0.25) is 0 Å². The number of amides is 1. The van der Waals surface area contributed by atoms with E-state index in [2.05, 4.69) is 15.9 Å². The molecule has 0 aliphatic heterocycles. The molecule has 2 rings (SSSR count). The topological polar surface area (TPSA) is 46.3 Å². The van der Waals surface area contributed by atoms with Crippen LogP contribution in [0.25, 0.3) is 0 Å². The standard InChI is InChI=1S/C15H14BrClN2O/c1-9-7-10(3-5-12(9)16)15(20)19(2)14-8-11(17)4-6-13(14)18/h3-8H,18H2,1-2H3. The molecule has 20 heavy (non-hydrogen) atoms. The van der Waals surface area contributed by atoms with Crippen molar-refractivity contribution in [3.8, 4) is 0 Å². The van der Waals surface area contributed by atoms with E-state index in [4.69, 9.17) is 17.3 Å². The first kappa shape index (κ1) is 14.9. The molecule has 0 aliphatic rings. The van der Waals surface area contributed by atoms with Crippen molar-refractivity contribution in [3.63, 3.8) is 0 Å². The molecule has 1 amide bonds. The fourth-order valence-corrected chi connectivity index (χ4v) is 2.30. The quantitative estimate of drug-likeness (QED) is 0.820. The number of carbonyl (C=O) groups excluding carboxylic acids is 1. The van der Waals surface area contributed by atoms with Crippen LogP contribution in [0.5, 0.6) is 0 Å². The maximum Gasteiger partial charge on any atom is 0.258 e. The highest BCUT2D eigenvalue weighted by Crippen LogP contribution is 2.27. The Kier molecular flexibility index (Phi) is 4.35. The average Bonchev–Trinajstić information content (AvgIpc) is 2.43. The molecule has 2 aromatic carbocycles. The van der Waals surface area contributed by atoms with E-state index < -0.39 is 0 Å². The molecule has 0 spiro atoms. The van der Waals surface area contributed by atoms with Crippen LogP contribution in [0.2, 0.25) is 5.02 Å². The molecule has 2 aromatic rings. The van der Waals surface area contributed by atoms with Gasteiger partial charge in [0.15, 0.2) is 0 Å². The van der Waals surface area contributed by atoms with Crippen molar-refractivity contribution in [1.82, 2.24) is 0 Å². The molecule has 3 nitrogen and oxygen atoms in total. The second kappa shape index (κ2) is 5.85. The Morgan fingerprint density at radius 1 is 1.25 bits per heavy atom. The highest BCUT2D eigenvalue weighted by Gasteiger charge is 2.16. The predicted octanol–water partition coefficient (Wildman–Crippen LogP) is 4.27. The van der Waals surface area contributed by atoms with Crippen molar-refractivity contribution < 1.29 is 4.79 Å². The van der Waals surface area contributed by atoms with Gasteiger partial charge >= 0.3 is 0 Å². The summed E-state index contributed by atoms with van der Waals surface area (Å²) in [6, 6.07) is 10.5. The minimum atomic E-state index is -0.130. The summed E-state index contributed by atoms with van der Waals surface area (Å²) in [6.07, 6.45) is 0. The number of nitrogen functional groups attached to an aromatic ring is 1. The summed E-state index contributed by atoms with van der Waals surface area (Å²) in [5.41, 5.74) is 8.62. The molecule has 0 saturated heterocycles. The molecule has 0 aromatic heterocycles. The molecule has 0 radical (unpaired) electrons. The first-order valence-electron chi connectivity index (χ1n) is 5.99. The summed E-state index contributed by atoms with van der Waals surface area (Å²) in [5.74, 6) is -0.130. The van der Waals surface area contributed by atoms with Gasteiger partial charge in [-0.25, -0.2) is 0 Å². The molecule has 5 heteroatoms. The average molecular weight is 354 g/mol. The van der Waals surface area contributed by atoms with Crippen LogP contribution in [-0.2, 0) is 0 Å².